The maximum absolute atomic E-state index is 12.4. The molecule has 23 heavy (non-hydrogen) atoms. The fourth-order valence-corrected chi connectivity index (χ4v) is 3.47. The molecule has 0 unspecified atom stereocenters. The molecule has 0 bridgehead atoms. The van der Waals surface area contributed by atoms with E-state index in [1.54, 1.807) is 6.08 Å². The summed E-state index contributed by atoms with van der Waals surface area (Å²) in [6.45, 7) is 2.59. The lowest BCUT2D eigenvalue weighted by molar-refractivity contribution is -0.143. The van der Waals surface area contributed by atoms with Gasteiger partial charge in [0.25, 0.3) is 5.91 Å². The lowest BCUT2D eigenvalue weighted by Gasteiger charge is -2.13. The number of carbonyl (C=O) groups excluding carboxylic acids is 2. The summed E-state index contributed by atoms with van der Waals surface area (Å²) in [6.07, 6.45) is 2.74. The van der Waals surface area contributed by atoms with Gasteiger partial charge in [-0.1, -0.05) is 59.0 Å². The summed E-state index contributed by atoms with van der Waals surface area (Å²) >= 11 is 9.87. The Labute approximate surface area is 153 Å². The number of thioether (sulfide) groups is 1. The number of hydrogen-bond donors (Lipinski definition) is 0. The predicted molar refractivity (Wildman–Crippen MR) is 99.9 cm³/mol. The first-order chi connectivity index (χ1) is 11.0. The minimum absolute atomic E-state index is 0.151. The van der Waals surface area contributed by atoms with E-state index in [0.717, 1.165) is 16.5 Å². The van der Waals surface area contributed by atoms with E-state index < -0.39 is 0 Å². The van der Waals surface area contributed by atoms with E-state index in [0.29, 0.717) is 15.8 Å². The Balaban J connectivity index is 1.99. The number of nitrogens with zero attached hydrogens (tertiary/aromatic N) is 1. The Morgan fingerprint density at radius 3 is 2.74 bits per heavy atom. The van der Waals surface area contributed by atoms with Gasteiger partial charge >= 0.3 is 5.97 Å². The van der Waals surface area contributed by atoms with Gasteiger partial charge in [0.05, 0.1) is 17.9 Å². The van der Waals surface area contributed by atoms with E-state index in [9.17, 15) is 9.59 Å². The number of benzene rings is 1. The highest BCUT2D eigenvalue weighted by atomic mass is 79.9. The number of hydrogen-bond acceptors (Lipinski definition) is 5. The van der Waals surface area contributed by atoms with Gasteiger partial charge < -0.3 is 4.74 Å². The molecule has 1 fully saturated rings. The monoisotopic (exact) mass is 413 g/mol. The fraction of sp³-hybridized carbons (Fsp3) is 0.312. The lowest BCUT2D eigenvalue weighted by atomic mass is 10.2. The minimum Gasteiger partial charge on any atom is -0.466 e. The summed E-state index contributed by atoms with van der Waals surface area (Å²) in [6, 6.07) is 7.66. The first kappa shape index (κ1) is 18.2. The van der Waals surface area contributed by atoms with Crippen LogP contribution in [0, 0.1) is 0 Å². The molecule has 0 aliphatic carbocycles. The van der Waals surface area contributed by atoms with Crippen molar-refractivity contribution in [3.8, 4) is 0 Å². The molecule has 1 aliphatic heterocycles. The summed E-state index contributed by atoms with van der Waals surface area (Å²) in [5.74, 6) is -0.469. The van der Waals surface area contributed by atoms with Crippen molar-refractivity contribution < 1.29 is 14.3 Å². The van der Waals surface area contributed by atoms with Crippen molar-refractivity contribution in [2.24, 2.45) is 0 Å². The maximum Gasteiger partial charge on any atom is 0.307 e. The zero-order chi connectivity index (χ0) is 16.8. The third-order valence-corrected chi connectivity index (χ3v) is 4.95. The Kier molecular flexibility index (Phi) is 6.80. The quantitative estimate of drug-likeness (QED) is 0.400. The van der Waals surface area contributed by atoms with Gasteiger partial charge in [-0.2, -0.15) is 0 Å². The normalized spacial score (nSPS) is 16.3. The topological polar surface area (TPSA) is 46.6 Å². The number of esters is 1. The molecular formula is C16H16BrNO3S2. The van der Waals surface area contributed by atoms with Crippen LogP contribution in [0.15, 0.2) is 33.6 Å². The minimum atomic E-state index is -0.308. The highest BCUT2D eigenvalue weighted by Crippen LogP contribution is 2.32. The first-order valence-electron chi connectivity index (χ1n) is 7.18. The Hall–Kier alpha value is -1.18. The predicted octanol–water partition coefficient (Wildman–Crippen LogP) is 3.99. The zero-order valence-electron chi connectivity index (χ0n) is 12.6. The molecule has 1 amide bonds. The van der Waals surface area contributed by atoms with Crippen molar-refractivity contribution >= 4 is 62.2 Å². The molecule has 1 heterocycles. The van der Waals surface area contributed by atoms with Gasteiger partial charge in [0.15, 0.2) is 0 Å². The number of rotatable bonds is 6. The molecule has 1 saturated heterocycles. The number of carbonyl (C=O) groups is 2. The van der Waals surface area contributed by atoms with E-state index in [4.69, 9.17) is 17.0 Å². The van der Waals surface area contributed by atoms with Gasteiger partial charge in [-0.05, 0) is 30.2 Å². The summed E-state index contributed by atoms with van der Waals surface area (Å²) in [7, 11) is 0. The molecule has 7 heteroatoms. The number of ether oxygens (including phenoxy) is 1. The van der Waals surface area contributed by atoms with Gasteiger partial charge in [0.2, 0.25) is 0 Å². The van der Waals surface area contributed by atoms with Crippen LogP contribution in [0.2, 0.25) is 0 Å². The van der Waals surface area contributed by atoms with Gasteiger partial charge in [-0.15, -0.1) is 0 Å². The van der Waals surface area contributed by atoms with E-state index in [-0.39, 0.29) is 24.8 Å². The van der Waals surface area contributed by atoms with Crippen LogP contribution in [0.1, 0.15) is 25.3 Å². The van der Waals surface area contributed by atoms with E-state index in [2.05, 4.69) is 15.9 Å². The SMILES string of the molecule is CCCOC(=O)CCN1C(=O)/C(=C/c2ccc(Br)cc2)SC1=S. The maximum atomic E-state index is 12.4. The van der Waals surface area contributed by atoms with Crippen LogP contribution >= 0.6 is 39.9 Å². The van der Waals surface area contributed by atoms with Crippen molar-refractivity contribution in [1.82, 2.24) is 4.90 Å². The highest BCUT2D eigenvalue weighted by Gasteiger charge is 2.32. The lowest BCUT2D eigenvalue weighted by Crippen LogP contribution is -2.30. The molecule has 0 spiro atoms. The van der Waals surface area contributed by atoms with Crippen molar-refractivity contribution in [2.45, 2.75) is 19.8 Å². The molecule has 4 nitrogen and oxygen atoms in total. The molecule has 0 radical (unpaired) electrons. The van der Waals surface area contributed by atoms with Gasteiger partial charge in [0, 0.05) is 11.0 Å². The van der Waals surface area contributed by atoms with Gasteiger partial charge in [-0.25, -0.2) is 0 Å². The molecule has 0 saturated carbocycles. The smallest absolute Gasteiger partial charge is 0.307 e. The molecule has 0 atom stereocenters. The second kappa shape index (κ2) is 8.61. The molecule has 0 N–H and O–H groups in total. The third kappa shape index (κ3) is 5.16. The van der Waals surface area contributed by atoms with Crippen LogP contribution in [-0.4, -0.2) is 34.2 Å². The second-order valence-electron chi connectivity index (χ2n) is 4.86. The third-order valence-electron chi connectivity index (χ3n) is 3.05. The van der Waals surface area contributed by atoms with Crippen LogP contribution in [-0.2, 0) is 14.3 Å². The highest BCUT2D eigenvalue weighted by molar-refractivity contribution is 9.10. The number of thiocarbonyl (C=S) groups is 1. The molecule has 0 aromatic heterocycles. The molecule has 122 valence electrons. The average Bonchev–Trinajstić information content (AvgIpc) is 2.79. The summed E-state index contributed by atoms with van der Waals surface area (Å²) in [4.78, 5) is 26.0. The average molecular weight is 414 g/mol. The number of amides is 1. The fourth-order valence-electron chi connectivity index (χ4n) is 1.89. The largest absolute Gasteiger partial charge is 0.466 e. The van der Waals surface area contributed by atoms with Crippen LogP contribution in [0.4, 0.5) is 0 Å². The standard InChI is InChI=1S/C16H16BrNO3S2/c1-2-9-21-14(19)7-8-18-15(20)13(23-16(18)22)10-11-3-5-12(17)6-4-11/h3-6,10H,2,7-9H2,1H3/b13-10-. The number of halogens is 1. The molecule has 1 aromatic carbocycles. The van der Waals surface area contributed by atoms with Crippen molar-refractivity contribution in [2.75, 3.05) is 13.2 Å². The van der Waals surface area contributed by atoms with Crippen LogP contribution < -0.4 is 0 Å². The first-order valence-corrected chi connectivity index (χ1v) is 9.19. The van der Waals surface area contributed by atoms with Crippen molar-refractivity contribution in [3.05, 3.63) is 39.2 Å². The molecule has 1 aromatic rings. The van der Waals surface area contributed by atoms with Gasteiger partial charge in [0.1, 0.15) is 4.32 Å². The van der Waals surface area contributed by atoms with E-state index in [1.165, 1.54) is 16.7 Å². The summed E-state index contributed by atoms with van der Waals surface area (Å²) < 4.78 is 6.46. The van der Waals surface area contributed by atoms with Crippen molar-refractivity contribution in [1.29, 1.82) is 0 Å². The zero-order valence-corrected chi connectivity index (χ0v) is 15.8. The molecule has 2 rings (SSSR count). The Bertz CT molecular complexity index is 643. The van der Waals surface area contributed by atoms with Crippen LogP contribution in [0.3, 0.4) is 0 Å². The molecular weight excluding hydrogens is 398 g/mol. The second-order valence-corrected chi connectivity index (χ2v) is 7.45. The van der Waals surface area contributed by atoms with Crippen molar-refractivity contribution in [3.63, 3.8) is 0 Å². The summed E-state index contributed by atoms with van der Waals surface area (Å²) in [5.41, 5.74) is 0.927. The summed E-state index contributed by atoms with van der Waals surface area (Å²) in [5, 5.41) is 0. The van der Waals surface area contributed by atoms with E-state index >= 15 is 0 Å². The molecule has 1 aliphatic rings. The van der Waals surface area contributed by atoms with Crippen LogP contribution in [0.5, 0.6) is 0 Å². The van der Waals surface area contributed by atoms with E-state index in [1.807, 2.05) is 31.2 Å². The van der Waals surface area contributed by atoms with Gasteiger partial charge in [-0.3, -0.25) is 14.5 Å². The van der Waals surface area contributed by atoms with Crippen LogP contribution in [0.25, 0.3) is 6.08 Å². The Morgan fingerprint density at radius 1 is 1.39 bits per heavy atom. The Morgan fingerprint density at radius 2 is 2.09 bits per heavy atom.